The fourth-order valence-electron chi connectivity index (χ4n) is 2.47. The first-order valence-corrected chi connectivity index (χ1v) is 7.83. The minimum Gasteiger partial charge on any atom is -0.406 e. The smallest absolute Gasteiger partial charge is 0.406 e. The van der Waals surface area contributed by atoms with Crippen molar-refractivity contribution in [1.29, 1.82) is 0 Å². The lowest BCUT2D eigenvalue weighted by Gasteiger charge is -2.09. The second-order valence-corrected chi connectivity index (χ2v) is 5.57. The van der Waals surface area contributed by atoms with Gasteiger partial charge in [0.1, 0.15) is 5.75 Å². The van der Waals surface area contributed by atoms with Crippen LogP contribution < -0.4 is 4.74 Å². The predicted octanol–water partition coefficient (Wildman–Crippen LogP) is 5.70. The zero-order valence-corrected chi connectivity index (χ0v) is 13.5. The first-order chi connectivity index (χ1) is 11.9. The molecule has 0 aliphatic heterocycles. The summed E-state index contributed by atoms with van der Waals surface area (Å²) in [4.78, 5) is 0. The highest BCUT2D eigenvalue weighted by Crippen LogP contribution is 2.26. The van der Waals surface area contributed by atoms with Crippen LogP contribution in [0.25, 0.3) is 10.8 Å². The Hall–Kier alpha value is -2.93. The van der Waals surface area contributed by atoms with Crippen molar-refractivity contribution >= 4 is 10.8 Å². The molecule has 0 heterocycles. The number of halogens is 3. The lowest BCUT2D eigenvalue weighted by Crippen LogP contribution is -2.16. The summed E-state index contributed by atoms with van der Waals surface area (Å²) < 4.78 is 40.8. The van der Waals surface area contributed by atoms with Crippen molar-refractivity contribution in [2.45, 2.75) is 19.7 Å². The van der Waals surface area contributed by atoms with E-state index in [4.69, 9.17) is 0 Å². The van der Waals surface area contributed by atoms with E-state index in [0.717, 1.165) is 22.9 Å². The Bertz CT molecular complexity index is 945. The molecule has 0 saturated heterocycles. The molecule has 0 atom stereocenters. The van der Waals surface area contributed by atoms with E-state index in [0.29, 0.717) is 5.39 Å². The molecule has 0 radical (unpaired) electrons. The maximum Gasteiger partial charge on any atom is 0.573 e. The fraction of sp³-hybridized carbons (Fsp3) is 0.143. The van der Waals surface area contributed by atoms with Crippen LogP contribution in [0.2, 0.25) is 0 Å². The second-order valence-electron chi connectivity index (χ2n) is 5.57. The molecule has 0 spiro atoms. The minimum absolute atomic E-state index is 0.227. The van der Waals surface area contributed by atoms with Gasteiger partial charge in [0, 0.05) is 11.1 Å². The number of rotatable bonds is 2. The van der Waals surface area contributed by atoms with E-state index in [9.17, 15) is 13.2 Å². The van der Waals surface area contributed by atoms with E-state index in [-0.39, 0.29) is 5.75 Å². The van der Waals surface area contributed by atoms with Gasteiger partial charge in [-0.15, -0.1) is 13.2 Å². The molecule has 25 heavy (non-hydrogen) atoms. The zero-order valence-electron chi connectivity index (χ0n) is 13.5. The lowest BCUT2D eigenvalue weighted by molar-refractivity contribution is -0.274. The van der Waals surface area contributed by atoms with Crippen molar-refractivity contribution < 1.29 is 17.9 Å². The quantitative estimate of drug-likeness (QED) is 0.544. The lowest BCUT2D eigenvalue weighted by atomic mass is 10.1. The van der Waals surface area contributed by atoms with E-state index < -0.39 is 6.36 Å². The summed E-state index contributed by atoms with van der Waals surface area (Å²) in [6.45, 7) is 2.10. The summed E-state index contributed by atoms with van der Waals surface area (Å²) in [7, 11) is 0. The largest absolute Gasteiger partial charge is 0.573 e. The standard InChI is InChI=1S/C21H15F3O/c1-2-15-3-5-16(6-4-15)7-8-17-9-10-19-14-20(25-21(22,23)24)12-11-18(19)13-17/h3-6,9-14H,2H2,1H3. The average molecular weight is 340 g/mol. The molecular weight excluding hydrogens is 325 g/mol. The summed E-state index contributed by atoms with van der Waals surface area (Å²) in [6, 6.07) is 17.7. The molecule has 1 nitrogen and oxygen atoms in total. The molecule has 0 aliphatic rings. The van der Waals surface area contributed by atoms with E-state index in [2.05, 4.69) is 23.5 Å². The SMILES string of the molecule is CCc1ccc(C#Cc2ccc3cc(OC(F)(F)F)ccc3c2)cc1. The molecule has 4 heteroatoms. The van der Waals surface area contributed by atoms with Gasteiger partial charge in [0.2, 0.25) is 0 Å². The van der Waals surface area contributed by atoms with Crippen LogP contribution in [0.4, 0.5) is 13.2 Å². The van der Waals surface area contributed by atoms with Gasteiger partial charge < -0.3 is 4.74 Å². The highest BCUT2D eigenvalue weighted by molar-refractivity contribution is 5.85. The monoisotopic (exact) mass is 340 g/mol. The first-order valence-electron chi connectivity index (χ1n) is 7.83. The van der Waals surface area contributed by atoms with Gasteiger partial charge in [0.25, 0.3) is 0 Å². The number of ether oxygens (including phenoxy) is 1. The highest BCUT2D eigenvalue weighted by atomic mass is 19.4. The minimum atomic E-state index is -4.69. The third kappa shape index (κ3) is 4.54. The third-order valence-corrected chi connectivity index (χ3v) is 3.76. The average Bonchev–Trinajstić information content (AvgIpc) is 2.59. The van der Waals surface area contributed by atoms with E-state index in [1.165, 1.54) is 17.7 Å². The zero-order chi connectivity index (χ0) is 17.9. The fourth-order valence-corrected chi connectivity index (χ4v) is 2.47. The summed E-state index contributed by atoms with van der Waals surface area (Å²) in [5, 5.41) is 1.47. The van der Waals surface area contributed by atoms with Crippen LogP contribution in [0, 0.1) is 11.8 Å². The molecule has 0 N–H and O–H groups in total. The maximum absolute atomic E-state index is 12.3. The van der Waals surface area contributed by atoms with Crippen molar-refractivity contribution in [1.82, 2.24) is 0 Å². The number of aryl methyl sites for hydroxylation is 1. The molecule has 3 rings (SSSR count). The van der Waals surface area contributed by atoms with E-state index in [1.807, 2.05) is 30.3 Å². The molecule has 0 unspecified atom stereocenters. The van der Waals surface area contributed by atoms with Crippen molar-refractivity contribution in [3.8, 4) is 17.6 Å². The number of hydrogen-bond donors (Lipinski definition) is 0. The Morgan fingerprint density at radius 2 is 1.40 bits per heavy atom. The van der Waals surface area contributed by atoms with Gasteiger partial charge >= 0.3 is 6.36 Å². The normalized spacial score (nSPS) is 11.0. The Balaban J connectivity index is 1.84. The van der Waals surface area contributed by atoms with Crippen LogP contribution in [-0.4, -0.2) is 6.36 Å². The Morgan fingerprint density at radius 3 is 2.08 bits per heavy atom. The third-order valence-electron chi connectivity index (χ3n) is 3.76. The van der Waals surface area contributed by atoms with Gasteiger partial charge in [-0.2, -0.15) is 0 Å². The Kier molecular flexibility index (Phi) is 4.67. The van der Waals surface area contributed by atoms with Gasteiger partial charge in [0.15, 0.2) is 0 Å². The van der Waals surface area contributed by atoms with Crippen LogP contribution in [0.5, 0.6) is 5.75 Å². The molecule has 0 aliphatic carbocycles. The van der Waals surface area contributed by atoms with Crippen molar-refractivity contribution in [3.05, 3.63) is 77.4 Å². The van der Waals surface area contributed by atoms with Gasteiger partial charge in [-0.25, -0.2) is 0 Å². The van der Waals surface area contributed by atoms with Crippen molar-refractivity contribution in [2.75, 3.05) is 0 Å². The molecule has 0 bridgehead atoms. The van der Waals surface area contributed by atoms with E-state index >= 15 is 0 Å². The summed E-state index contributed by atoms with van der Waals surface area (Å²) in [5.74, 6) is 5.95. The maximum atomic E-state index is 12.3. The van der Waals surface area contributed by atoms with Gasteiger partial charge in [-0.3, -0.25) is 0 Å². The number of fused-ring (bicyclic) bond motifs is 1. The van der Waals surface area contributed by atoms with Crippen molar-refractivity contribution in [3.63, 3.8) is 0 Å². The molecule has 3 aromatic carbocycles. The molecule has 126 valence electrons. The van der Waals surface area contributed by atoms with Gasteiger partial charge in [-0.1, -0.05) is 43.0 Å². The predicted molar refractivity (Wildman–Crippen MR) is 92.4 cm³/mol. The summed E-state index contributed by atoms with van der Waals surface area (Å²) in [5.41, 5.74) is 2.98. The highest BCUT2D eigenvalue weighted by Gasteiger charge is 2.31. The summed E-state index contributed by atoms with van der Waals surface area (Å²) in [6.07, 6.45) is -3.70. The molecule has 0 fully saturated rings. The van der Waals surface area contributed by atoms with Crippen LogP contribution in [0.3, 0.4) is 0 Å². The molecule has 0 amide bonds. The van der Waals surface area contributed by atoms with Crippen LogP contribution in [0.15, 0.2) is 60.7 Å². The van der Waals surface area contributed by atoms with E-state index in [1.54, 1.807) is 18.2 Å². The summed E-state index contributed by atoms with van der Waals surface area (Å²) >= 11 is 0. The Labute approximate surface area is 144 Å². The van der Waals surface area contributed by atoms with Crippen LogP contribution in [0.1, 0.15) is 23.6 Å². The van der Waals surface area contributed by atoms with Gasteiger partial charge in [0.05, 0.1) is 0 Å². The molecule has 0 aromatic heterocycles. The van der Waals surface area contributed by atoms with Crippen molar-refractivity contribution in [2.24, 2.45) is 0 Å². The van der Waals surface area contributed by atoms with Crippen LogP contribution in [-0.2, 0) is 6.42 Å². The number of benzene rings is 3. The second kappa shape index (κ2) is 6.90. The topological polar surface area (TPSA) is 9.23 Å². The molecule has 3 aromatic rings. The Morgan fingerprint density at radius 1 is 0.800 bits per heavy atom. The molecular formula is C21H15F3O. The first kappa shape index (κ1) is 16.9. The van der Waals surface area contributed by atoms with Crippen LogP contribution >= 0.6 is 0 Å². The molecule has 0 saturated carbocycles. The van der Waals surface area contributed by atoms with Gasteiger partial charge in [-0.05, 0) is 59.2 Å². The number of alkyl halides is 3. The number of hydrogen-bond acceptors (Lipinski definition) is 1.